The summed E-state index contributed by atoms with van der Waals surface area (Å²) < 4.78 is 32.9. The SMILES string of the molecule is CCCCCCCCCCCCCCCC(=O)OC[C@H](COP(=O)(O)OCCC)OC(=O)CCCCCCCCCCCCCCC.CNC(=O)CCC(=O)NCCCC[C@@H]1NC(=O)[C@@H](Cc2ccccc2)NC(=O)[C@H](CC(=O)O)NC(=O)CNC(=O)[C@H](CCCN=C(N)N)NC1=O. The van der Waals surface area contributed by atoms with Gasteiger partial charge < -0.3 is 68.2 Å². The zero-order valence-corrected chi connectivity index (χ0v) is 60.3. The summed E-state index contributed by atoms with van der Waals surface area (Å²) >= 11 is 0. The molecule has 1 aromatic rings. The van der Waals surface area contributed by atoms with Crippen LogP contribution >= 0.6 is 7.82 Å². The van der Waals surface area contributed by atoms with Crippen molar-refractivity contribution in [3.05, 3.63) is 35.9 Å². The number of carbonyl (C=O) groups excluding carboxylic acids is 9. The summed E-state index contributed by atoms with van der Waals surface area (Å²) in [5.74, 6) is -7.08. The normalized spacial score (nSPS) is 16.9. The number of nitrogens with two attached hydrogens (primary N) is 2. The number of unbranched alkanes of at least 4 members (excludes halogenated alkanes) is 25. The fourth-order valence-electron chi connectivity index (χ4n) is 10.6. The van der Waals surface area contributed by atoms with Gasteiger partial charge in [0.1, 0.15) is 30.8 Å². The monoisotopic (exact) mass is 1410 g/mol. The number of hydrogen-bond donors (Lipinski definition) is 11. The maximum Gasteiger partial charge on any atom is 0.472 e. The molecule has 1 aliphatic heterocycles. The molecular formula is C70H123N10O17P. The molecule has 2 rings (SSSR count). The van der Waals surface area contributed by atoms with Gasteiger partial charge in [-0.05, 0) is 56.9 Å². The third-order valence-corrected chi connectivity index (χ3v) is 17.2. The van der Waals surface area contributed by atoms with Gasteiger partial charge in [-0.2, -0.15) is 0 Å². The molecule has 98 heavy (non-hydrogen) atoms. The number of phosphoric acid groups is 1. The molecule has 1 heterocycles. The summed E-state index contributed by atoms with van der Waals surface area (Å²) in [7, 11) is -2.81. The Bertz CT molecular complexity index is 2490. The maximum absolute atomic E-state index is 13.8. The molecule has 1 aliphatic rings. The molecule has 1 aromatic carbocycles. The molecule has 0 aliphatic carbocycles. The molecule has 1 saturated heterocycles. The zero-order chi connectivity index (χ0) is 72.4. The van der Waals surface area contributed by atoms with E-state index in [1.807, 2.05) is 6.92 Å². The second kappa shape index (κ2) is 58.1. The van der Waals surface area contributed by atoms with Crippen LogP contribution in [0.4, 0.5) is 0 Å². The van der Waals surface area contributed by atoms with Crippen molar-refractivity contribution >= 4 is 73.0 Å². The van der Waals surface area contributed by atoms with Gasteiger partial charge in [0.05, 0.1) is 26.2 Å². The number of hydrogen-bond acceptors (Lipinski definition) is 16. The van der Waals surface area contributed by atoms with E-state index < -0.39 is 92.5 Å². The number of benzene rings is 1. The average Bonchev–Trinajstić information content (AvgIpc) is 1.23. The molecule has 1 unspecified atom stereocenters. The van der Waals surface area contributed by atoms with Gasteiger partial charge in [-0.25, -0.2) is 4.57 Å². The lowest BCUT2D eigenvalue weighted by atomic mass is 10.0. The van der Waals surface area contributed by atoms with Crippen LogP contribution in [0.15, 0.2) is 35.3 Å². The predicted octanol–water partition coefficient (Wildman–Crippen LogP) is 8.59. The van der Waals surface area contributed by atoms with Crippen molar-refractivity contribution in [3.63, 3.8) is 0 Å². The number of esters is 2. The minimum Gasteiger partial charge on any atom is -0.481 e. The highest BCUT2D eigenvalue weighted by atomic mass is 31.2. The molecule has 0 saturated carbocycles. The van der Waals surface area contributed by atoms with Crippen LogP contribution in [0.3, 0.4) is 0 Å². The number of carbonyl (C=O) groups is 10. The van der Waals surface area contributed by atoms with Gasteiger partial charge in [-0.1, -0.05) is 205 Å². The quantitative estimate of drug-likeness (QED) is 0.00955. The van der Waals surface area contributed by atoms with E-state index in [4.69, 9.17) is 30.0 Å². The van der Waals surface area contributed by atoms with Crippen molar-refractivity contribution in [1.82, 2.24) is 37.2 Å². The molecule has 0 aromatic heterocycles. The number of nitrogens with zero attached hydrogens (tertiary/aromatic N) is 1. The van der Waals surface area contributed by atoms with Crippen LogP contribution in [-0.4, -0.2) is 152 Å². The summed E-state index contributed by atoms with van der Waals surface area (Å²) in [4.78, 5) is 140. The third kappa shape index (κ3) is 49.8. The van der Waals surface area contributed by atoms with E-state index in [1.54, 1.807) is 30.3 Å². The molecule has 27 nitrogen and oxygen atoms in total. The van der Waals surface area contributed by atoms with Gasteiger partial charge in [0.25, 0.3) is 0 Å². The standard InChI is InChI=1S/C38H75O8P.C32H48N10O9/c1-4-7-9-11-13-15-17-19-21-23-25-27-29-31-37(39)43-34-36(35-45-47(41,42)44-33-6-3)46-38(40)32-30-28-26-24-22-20-18-16-14-12-10-8-5-2;1-35-24(43)12-13-25(44)36-14-6-5-10-21-29(49)40-20(11-7-15-37-32(33)34)28(48)38-18-26(45)39-23(17-27(46)47)31(51)42-22(30(50)41-21)16-19-8-3-2-4-9-19/h36H,4-35H2,1-3H3,(H,41,42);2-4,8-9,20-23H,5-7,10-18H2,1H3,(H,35,43)(H,36,44)(H,38,48)(H,39,45)(H,40,49)(H,41,50)(H,42,51)(H,46,47)(H4,33,34,37)/t36-;20-,21-,22+,23-/m10/s1. The van der Waals surface area contributed by atoms with E-state index in [-0.39, 0.29) is 102 Å². The van der Waals surface area contributed by atoms with E-state index in [1.165, 1.54) is 135 Å². The van der Waals surface area contributed by atoms with Crippen LogP contribution in [0.2, 0.25) is 0 Å². The second-order valence-electron chi connectivity index (χ2n) is 25.2. The van der Waals surface area contributed by atoms with Gasteiger partial charge in [0.15, 0.2) is 12.1 Å². The van der Waals surface area contributed by atoms with Crippen molar-refractivity contribution in [1.29, 1.82) is 0 Å². The lowest BCUT2D eigenvalue weighted by Crippen LogP contribution is -2.58. The number of aliphatic imine (C=N–C) groups is 1. The molecule has 28 heteroatoms. The summed E-state index contributed by atoms with van der Waals surface area (Å²) in [6, 6.07) is 3.31. The van der Waals surface area contributed by atoms with Crippen LogP contribution < -0.4 is 48.7 Å². The summed E-state index contributed by atoms with van der Waals surface area (Å²) in [6.07, 6.45) is 32.3. The van der Waals surface area contributed by atoms with Gasteiger partial charge in [0, 0.05) is 52.2 Å². The Kier molecular flexibility index (Phi) is 53.0. The Balaban J connectivity index is 0.000000984. The van der Waals surface area contributed by atoms with Crippen molar-refractivity contribution in [3.8, 4) is 0 Å². The van der Waals surface area contributed by atoms with Crippen molar-refractivity contribution in [2.24, 2.45) is 16.5 Å². The Hall–Kier alpha value is -6.70. The first-order valence-electron chi connectivity index (χ1n) is 36.4. The molecule has 1 fully saturated rings. The Morgan fingerprint density at radius 1 is 0.561 bits per heavy atom. The van der Waals surface area contributed by atoms with Gasteiger partial charge in [-0.15, -0.1) is 0 Å². The third-order valence-electron chi connectivity index (χ3n) is 16.3. The largest absolute Gasteiger partial charge is 0.481 e. The minimum absolute atomic E-state index is 0.00361. The number of nitrogens with one attached hydrogen (secondary N) is 7. The first-order valence-corrected chi connectivity index (χ1v) is 37.9. The van der Waals surface area contributed by atoms with Crippen LogP contribution in [0, 0.1) is 0 Å². The molecule has 6 atom stereocenters. The number of carboxylic acid groups (broad SMARTS) is 1. The molecule has 560 valence electrons. The topological polar surface area (TPSA) is 414 Å². The number of amides is 7. The van der Waals surface area contributed by atoms with Crippen LogP contribution in [0.1, 0.15) is 264 Å². The highest BCUT2D eigenvalue weighted by Crippen LogP contribution is 2.43. The summed E-state index contributed by atoms with van der Waals surface area (Å²) in [5.41, 5.74) is 11.4. The van der Waals surface area contributed by atoms with Crippen molar-refractivity contribution < 1.29 is 81.0 Å². The number of rotatable bonds is 53. The smallest absolute Gasteiger partial charge is 0.472 e. The first kappa shape index (κ1) is 89.3. The Labute approximate surface area is 582 Å². The molecule has 0 radical (unpaired) electrons. The lowest BCUT2D eigenvalue weighted by molar-refractivity contribution is -0.161. The lowest BCUT2D eigenvalue weighted by Gasteiger charge is -2.26. The van der Waals surface area contributed by atoms with Gasteiger partial charge in [0.2, 0.25) is 41.4 Å². The summed E-state index contributed by atoms with van der Waals surface area (Å²) in [5, 5.41) is 27.0. The van der Waals surface area contributed by atoms with Crippen LogP contribution in [0.25, 0.3) is 0 Å². The number of carboxylic acids is 1. The Morgan fingerprint density at radius 3 is 1.56 bits per heavy atom. The number of ether oxygens (including phenoxy) is 2. The highest BCUT2D eigenvalue weighted by Gasteiger charge is 2.34. The Morgan fingerprint density at radius 2 is 1.04 bits per heavy atom. The number of aliphatic carboxylic acids is 1. The van der Waals surface area contributed by atoms with Gasteiger partial charge >= 0.3 is 25.7 Å². The second-order valence-corrected chi connectivity index (χ2v) is 26.6. The predicted molar refractivity (Wildman–Crippen MR) is 377 cm³/mol. The van der Waals surface area contributed by atoms with Crippen LogP contribution in [0.5, 0.6) is 0 Å². The minimum atomic E-state index is -4.28. The molecular weight excluding hydrogens is 1280 g/mol. The number of guanidine groups is 1. The van der Waals surface area contributed by atoms with E-state index in [0.717, 1.165) is 38.5 Å². The van der Waals surface area contributed by atoms with E-state index in [0.29, 0.717) is 31.2 Å². The summed E-state index contributed by atoms with van der Waals surface area (Å²) in [6.45, 7) is 5.50. The highest BCUT2D eigenvalue weighted by molar-refractivity contribution is 7.47. The number of phosphoric ester groups is 1. The van der Waals surface area contributed by atoms with Crippen molar-refractivity contribution in [2.45, 2.75) is 295 Å². The first-order chi connectivity index (χ1) is 47.1. The van der Waals surface area contributed by atoms with E-state index >= 15 is 0 Å². The van der Waals surface area contributed by atoms with E-state index in [2.05, 4.69) is 56.1 Å². The fraction of sp³-hybridized carbons (Fsp3) is 0.757. The maximum atomic E-state index is 13.8. The zero-order valence-electron chi connectivity index (χ0n) is 59.5. The van der Waals surface area contributed by atoms with Crippen molar-refractivity contribution in [2.75, 3.05) is 46.5 Å². The van der Waals surface area contributed by atoms with E-state index in [9.17, 15) is 62.5 Å². The molecule has 0 bridgehead atoms. The van der Waals surface area contributed by atoms with Gasteiger partial charge in [-0.3, -0.25) is 62.0 Å². The average molecular weight is 1410 g/mol. The molecule has 7 amide bonds. The van der Waals surface area contributed by atoms with Crippen LogP contribution in [-0.2, 0) is 77.5 Å². The fourth-order valence-corrected chi connectivity index (χ4v) is 11.4. The molecule has 13 N–H and O–H groups in total. The molecule has 0 spiro atoms.